The number of rotatable bonds is 12. The van der Waals surface area contributed by atoms with Crippen LogP contribution in [0.2, 0.25) is 0 Å². The number of hydrogen-bond donors (Lipinski definition) is 2. The number of hydrogen-bond acceptors (Lipinski definition) is 5. The summed E-state index contributed by atoms with van der Waals surface area (Å²) in [5.41, 5.74) is 2.56. The monoisotopic (exact) mass is 502 g/mol. The van der Waals surface area contributed by atoms with Gasteiger partial charge in [-0.15, -0.1) is 0 Å². The Kier molecular flexibility index (Phi) is 10.7. The molecule has 3 atom stereocenters. The first-order valence-corrected chi connectivity index (χ1v) is 12.5. The van der Waals surface area contributed by atoms with E-state index < -0.39 is 30.1 Å². The molecule has 7 nitrogen and oxygen atoms in total. The average molecular weight is 503 g/mol. The highest BCUT2D eigenvalue weighted by molar-refractivity contribution is 5.90. The van der Waals surface area contributed by atoms with Crippen molar-refractivity contribution in [1.29, 1.82) is 0 Å². The number of benzene rings is 3. The standard InChI is InChI=1S/C30H34N2O5/c1-3-22(2)27(32-30(35)37-21-25-17-11-6-12-18-25)28(33)31-26(19-23-13-7-4-8-14-23)29(34)36-20-24-15-9-5-10-16-24/h4-18,22,26-27H,3,19-21H2,1-2H3,(H,31,33)(H,32,35)/t22-,26+,27+/m0/s1. The fourth-order valence-electron chi connectivity index (χ4n) is 3.73. The van der Waals surface area contributed by atoms with Gasteiger partial charge in [0.25, 0.3) is 0 Å². The lowest BCUT2D eigenvalue weighted by Crippen LogP contribution is -2.54. The largest absolute Gasteiger partial charge is 0.459 e. The maximum atomic E-state index is 13.3. The Balaban J connectivity index is 1.67. The molecule has 194 valence electrons. The van der Waals surface area contributed by atoms with Crippen molar-refractivity contribution in [3.8, 4) is 0 Å². The van der Waals surface area contributed by atoms with E-state index in [-0.39, 0.29) is 25.6 Å². The van der Waals surface area contributed by atoms with Gasteiger partial charge in [0, 0.05) is 6.42 Å². The molecule has 0 bridgehead atoms. The number of carbonyl (C=O) groups is 3. The highest BCUT2D eigenvalue weighted by Crippen LogP contribution is 2.12. The number of ether oxygens (including phenoxy) is 2. The highest BCUT2D eigenvalue weighted by atomic mass is 16.5. The topological polar surface area (TPSA) is 93.7 Å². The van der Waals surface area contributed by atoms with E-state index in [1.807, 2.05) is 105 Å². The summed E-state index contributed by atoms with van der Waals surface area (Å²) in [7, 11) is 0. The third-order valence-corrected chi connectivity index (χ3v) is 6.09. The minimum Gasteiger partial charge on any atom is -0.459 e. The number of amides is 2. The summed E-state index contributed by atoms with van der Waals surface area (Å²) in [4.78, 5) is 38.9. The van der Waals surface area contributed by atoms with Crippen molar-refractivity contribution in [3.05, 3.63) is 108 Å². The van der Waals surface area contributed by atoms with E-state index in [1.165, 1.54) is 0 Å². The van der Waals surface area contributed by atoms with Crippen molar-refractivity contribution in [2.45, 2.75) is 52.0 Å². The minimum absolute atomic E-state index is 0.0873. The molecule has 0 aliphatic carbocycles. The van der Waals surface area contributed by atoms with Crippen LogP contribution in [0.5, 0.6) is 0 Å². The molecule has 2 N–H and O–H groups in total. The predicted molar refractivity (Wildman–Crippen MR) is 141 cm³/mol. The van der Waals surface area contributed by atoms with Gasteiger partial charge in [0.15, 0.2) is 0 Å². The van der Waals surface area contributed by atoms with Crippen molar-refractivity contribution in [2.75, 3.05) is 0 Å². The van der Waals surface area contributed by atoms with E-state index in [0.717, 1.165) is 16.7 Å². The van der Waals surface area contributed by atoms with E-state index in [2.05, 4.69) is 10.6 Å². The van der Waals surface area contributed by atoms with Crippen LogP contribution in [0, 0.1) is 5.92 Å². The molecule has 0 aromatic heterocycles. The molecular formula is C30H34N2O5. The molecule has 7 heteroatoms. The van der Waals surface area contributed by atoms with E-state index in [1.54, 1.807) is 0 Å². The zero-order valence-corrected chi connectivity index (χ0v) is 21.3. The minimum atomic E-state index is -0.924. The molecule has 3 aromatic rings. The normalized spacial score (nSPS) is 13.0. The van der Waals surface area contributed by atoms with Crippen molar-refractivity contribution in [2.24, 2.45) is 5.92 Å². The number of nitrogens with one attached hydrogen (secondary N) is 2. The molecule has 0 radical (unpaired) electrons. The second-order valence-electron chi connectivity index (χ2n) is 8.91. The van der Waals surface area contributed by atoms with Gasteiger partial charge < -0.3 is 20.1 Å². The van der Waals surface area contributed by atoms with Gasteiger partial charge in [-0.25, -0.2) is 9.59 Å². The molecule has 0 spiro atoms. The van der Waals surface area contributed by atoms with Gasteiger partial charge in [-0.3, -0.25) is 4.79 Å². The Morgan fingerprint density at radius 3 is 1.70 bits per heavy atom. The molecular weight excluding hydrogens is 468 g/mol. The van der Waals surface area contributed by atoms with Crippen molar-refractivity contribution in [3.63, 3.8) is 0 Å². The fraction of sp³-hybridized carbons (Fsp3) is 0.300. The Bertz CT molecular complexity index is 1120. The summed E-state index contributed by atoms with van der Waals surface area (Å²) in [6, 6.07) is 26.2. The maximum absolute atomic E-state index is 13.3. The lowest BCUT2D eigenvalue weighted by Gasteiger charge is -2.26. The number of esters is 1. The summed E-state index contributed by atoms with van der Waals surface area (Å²) in [6.07, 6.45) is 0.195. The Labute approximate surface area is 218 Å². The van der Waals surface area contributed by atoms with Crippen LogP contribution in [0.4, 0.5) is 4.79 Å². The second-order valence-corrected chi connectivity index (χ2v) is 8.91. The molecule has 3 aromatic carbocycles. The van der Waals surface area contributed by atoms with Crippen LogP contribution >= 0.6 is 0 Å². The SMILES string of the molecule is CC[C@H](C)[C@@H](NC(=O)OCc1ccccc1)C(=O)N[C@H](Cc1ccccc1)C(=O)OCc1ccccc1. The Hall–Kier alpha value is -4.13. The molecule has 0 heterocycles. The second kappa shape index (κ2) is 14.4. The number of alkyl carbamates (subject to hydrolysis) is 1. The highest BCUT2D eigenvalue weighted by Gasteiger charge is 2.31. The summed E-state index contributed by atoms with van der Waals surface area (Å²) in [6.45, 7) is 3.98. The van der Waals surface area contributed by atoms with E-state index in [0.29, 0.717) is 6.42 Å². The van der Waals surface area contributed by atoms with Gasteiger partial charge in [0.1, 0.15) is 25.3 Å². The van der Waals surface area contributed by atoms with Crippen LogP contribution in [0.15, 0.2) is 91.0 Å². The molecule has 0 aliphatic rings. The molecule has 37 heavy (non-hydrogen) atoms. The maximum Gasteiger partial charge on any atom is 0.408 e. The van der Waals surface area contributed by atoms with Gasteiger partial charge in [-0.1, -0.05) is 111 Å². The van der Waals surface area contributed by atoms with Crippen LogP contribution in [-0.2, 0) is 38.7 Å². The average Bonchev–Trinajstić information content (AvgIpc) is 2.94. The molecule has 3 rings (SSSR count). The molecule has 0 aliphatic heterocycles. The lowest BCUT2D eigenvalue weighted by atomic mass is 9.97. The number of carbonyl (C=O) groups excluding carboxylic acids is 3. The fourth-order valence-corrected chi connectivity index (χ4v) is 3.73. The lowest BCUT2D eigenvalue weighted by molar-refractivity contribution is -0.149. The van der Waals surface area contributed by atoms with Crippen LogP contribution in [0.3, 0.4) is 0 Å². The van der Waals surface area contributed by atoms with Gasteiger partial charge in [0.05, 0.1) is 0 Å². The predicted octanol–water partition coefficient (Wildman–Crippen LogP) is 4.80. The first-order valence-electron chi connectivity index (χ1n) is 12.5. The van der Waals surface area contributed by atoms with Crippen molar-refractivity contribution < 1.29 is 23.9 Å². The summed E-state index contributed by atoms with van der Waals surface area (Å²) >= 11 is 0. The van der Waals surface area contributed by atoms with Crippen LogP contribution < -0.4 is 10.6 Å². The van der Waals surface area contributed by atoms with E-state index in [4.69, 9.17) is 9.47 Å². The third kappa shape index (κ3) is 9.11. The van der Waals surface area contributed by atoms with Gasteiger partial charge in [0.2, 0.25) is 5.91 Å². The molecule has 0 unspecified atom stereocenters. The summed E-state index contributed by atoms with van der Waals surface area (Å²) in [5.74, 6) is -1.21. The van der Waals surface area contributed by atoms with Crippen LogP contribution in [0.25, 0.3) is 0 Å². The smallest absolute Gasteiger partial charge is 0.408 e. The van der Waals surface area contributed by atoms with E-state index in [9.17, 15) is 14.4 Å². The van der Waals surface area contributed by atoms with E-state index >= 15 is 0 Å². The van der Waals surface area contributed by atoms with Gasteiger partial charge in [-0.05, 0) is 22.6 Å². The summed E-state index contributed by atoms with van der Waals surface area (Å²) < 4.78 is 10.9. The zero-order chi connectivity index (χ0) is 26.5. The van der Waals surface area contributed by atoms with Crippen molar-refractivity contribution >= 4 is 18.0 Å². The molecule has 0 saturated heterocycles. The van der Waals surface area contributed by atoms with Crippen LogP contribution in [-0.4, -0.2) is 30.1 Å². The van der Waals surface area contributed by atoms with Crippen LogP contribution in [0.1, 0.15) is 37.0 Å². The first kappa shape index (κ1) is 27.5. The molecule has 0 saturated carbocycles. The Morgan fingerprint density at radius 1 is 0.703 bits per heavy atom. The molecule has 2 amide bonds. The van der Waals surface area contributed by atoms with Gasteiger partial charge >= 0.3 is 12.1 Å². The Morgan fingerprint density at radius 2 is 1.19 bits per heavy atom. The zero-order valence-electron chi connectivity index (χ0n) is 21.3. The van der Waals surface area contributed by atoms with Gasteiger partial charge in [-0.2, -0.15) is 0 Å². The molecule has 0 fully saturated rings. The van der Waals surface area contributed by atoms with Crippen molar-refractivity contribution in [1.82, 2.24) is 10.6 Å². The summed E-state index contributed by atoms with van der Waals surface area (Å²) in [5, 5.41) is 5.49. The third-order valence-electron chi connectivity index (χ3n) is 6.09. The quantitative estimate of drug-likeness (QED) is 0.347. The first-order chi connectivity index (χ1) is 18.0.